The summed E-state index contributed by atoms with van der Waals surface area (Å²) in [6, 6.07) is 67.1. The second-order valence-electron chi connectivity index (χ2n) is 12.7. The van der Waals surface area contributed by atoms with Crippen LogP contribution in [0, 0.1) is 0 Å². The van der Waals surface area contributed by atoms with E-state index in [-0.39, 0.29) is 0 Å². The van der Waals surface area contributed by atoms with Gasteiger partial charge in [0.25, 0.3) is 0 Å². The average Bonchev–Trinajstić information content (AvgIpc) is 3.24. The standard InChI is InChI=1S/C48H32N4/c1-5-16-35(17-6-1)43-31-40(32-44(49-43)36-18-7-2-8-19-36)45-41-24-14-13-15-33(41)29-30-42(45)34-25-27-39(28-26-34)48-51-46(37-20-9-3-10-21-37)50-47(52-48)38-22-11-4-12-23-38/h1-32H. The van der Waals surface area contributed by atoms with Gasteiger partial charge in [-0.2, -0.15) is 0 Å². The van der Waals surface area contributed by atoms with Crippen LogP contribution in [0.15, 0.2) is 194 Å². The molecule has 52 heavy (non-hydrogen) atoms. The zero-order valence-electron chi connectivity index (χ0n) is 28.3. The summed E-state index contributed by atoms with van der Waals surface area (Å²) in [6.07, 6.45) is 0. The Kier molecular flexibility index (Phi) is 8.16. The fourth-order valence-electron chi connectivity index (χ4n) is 6.75. The van der Waals surface area contributed by atoms with Crippen molar-refractivity contribution in [3.8, 4) is 78.9 Å². The fraction of sp³-hybridized carbons (Fsp3) is 0. The van der Waals surface area contributed by atoms with Gasteiger partial charge in [0.15, 0.2) is 17.5 Å². The summed E-state index contributed by atoms with van der Waals surface area (Å²) in [4.78, 5) is 19.9. The smallest absolute Gasteiger partial charge is 0.164 e. The molecule has 0 bridgehead atoms. The van der Waals surface area contributed by atoms with Crippen LogP contribution in [0.3, 0.4) is 0 Å². The van der Waals surface area contributed by atoms with Crippen molar-refractivity contribution in [2.24, 2.45) is 0 Å². The van der Waals surface area contributed by atoms with Crippen LogP contribution in [0.25, 0.3) is 89.7 Å². The molecule has 0 saturated carbocycles. The topological polar surface area (TPSA) is 51.6 Å². The number of nitrogens with zero attached hydrogens (tertiary/aromatic N) is 4. The summed E-state index contributed by atoms with van der Waals surface area (Å²) >= 11 is 0. The van der Waals surface area contributed by atoms with Gasteiger partial charge in [-0.05, 0) is 45.2 Å². The Morgan fingerprint density at radius 3 is 1.17 bits per heavy atom. The molecule has 4 nitrogen and oxygen atoms in total. The number of benzene rings is 7. The molecule has 2 aromatic heterocycles. The SMILES string of the molecule is c1ccc(-c2cc(-c3c(-c4ccc(-c5nc(-c6ccccc6)nc(-c6ccccc6)n5)cc4)ccc4ccccc34)cc(-c3ccccc3)n2)cc1. The van der Waals surface area contributed by atoms with Gasteiger partial charge in [0.1, 0.15) is 0 Å². The zero-order chi connectivity index (χ0) is 34.7. The number of fused-ring (bicyclic) bond motifs is 1. The van der Waals surface area contributed by atoms with Crippen molar-refractivity contribution < 1.29 is 0 Å². The van der Waals surface area contributed by atoms with Crippen molar-refractivity contribution in [1.82, 2.24) is 19.9 Å². The highest BCUT2D eigenvalue weighted by Gasteiger charge is 2.17. The molecule has 7 aromatic carbocycles. The normalized spacial score (nSPS) is 11.1. The van der Waals surface area contributed by atoms with E-state index in [0.717, 1.165) is 55.9 Å². The third-order valence-corrected chi connectivity index (χ3v) is 9.34. The van der Waals surface area contributed by atoms with Crippen molar-refractivity contribution in [2.75, 3.05) is 0 Å². The summed E-state index contributed by atoms with van der Waals surface area (Å²) in [5, 5.41) is 2.37. The van der Waals surface area contributed by atoms with Crippen molar-refractivity contribution in [3.63, 3.8) is 0 Å². The summed E-state index contributed by atoms with van der Waals surface area (Å²) in [5.41, 5.74) is 11.4. The highest BCUT2D eigenvalue weighted by Crippen LogP contribution is 2.41. The second kappa shape index (κ2) is 13.7. The van der Waals surface area contributed by atoms with Crippen LogP contribution in [-0.4, -0.2) is 19.9 Å². The first kappa shape index (κ1) is 31.0. The van der Waals surface area contributed by atoms with Gasteiger partial charge in [0, 0.05) is 27.8 Å². The largest absolute Gasteiger partial charge is 0.248 e. The van der Waals surface area contributed by atoms with Gasteiger partial charge < -0.3 is 0 Å². The molecule has 0 radical (unpaired) electrons. The Bertz CT molecular complexity index is 2530. The Morgan fingerprint density at radius 2 is 0.673 bits per heavy atom. The molecule has 0 aliphatic heterocycles. The van der Waals surface area contributed by atoms with Gasteiger partial charge in [0.2, 0.25) is 0 Å². The monoisotopic (exact) mass is 664 g/mol. The minimum Gasteiger partial charge on any atom is -0.248 e. The van der Waals surface area contributed by atoms with E-state index in [9.17, 15) is 0 Å². The van der Waals surface area contributed by atoms with E-state index >= 15 is 0 Å². The molecule has 0 aliphatic rings. The van der Waals surface area contributed by atoms with E-state index < -0.39 is 0 Å². The van der Waals surface area contributed by atoms with Crippen molar-refractivity contribution in [2.45, 2.75) is 0 Å². The van der Waals surface area contributed by atoms with Crippen LogP contribution in [0.4, 0.5) is 0 Å². The van der Waals surface area contributed by atoms with Crippen molar-refractivity contribution in [1.29, 1.82) is 0 Å². The first-order valence-corrected chi connectivity index (χ1v) is 17.4. The highest BCUT2D eigenvalue weighted by atomic mass is 15.0. The molecule has 0 atom stereocenters. The lowest BCUT2D eigenvalue weighted by molar-refractivity contribution is 1.07. The zero-order valence-corrected chi connectivity index (χ0v) is 28.3. The van der Waals surface area contributed by atoms with Crippen LogP contribution in [0.5, 0.6) is 0 Å². The number of rotatable bonds is 7. The molecule has 2 heterocycles. The Morgan fingerprint density at radius 1 is 0.269 bits per heavy atom. The summed E-state index contributed by atoms with van der Waals surface area (Å²) < 4.78 is 0. The van der Waals surface area contributed by atoms with Crippen LogP contribution in [-0.2, 0) is 0 Å². The molecule has 0 N–H and O–H groups in total. The predicted molar refractivity (Wildman–Crippen MR) is 213 cm³/mol. The van der Waals surface area contributed by atoms with E-state index in [1.807, 2.05) is 72.8 Å². The molecule has 0 fully saturated rings. The maximum Gasteiger partial charge on any atom is 0.164 e. The van der Waals surface area contributed by atoms with E-state index in [2.05, 4.69) is 121 Å². The molecule has 0 saturated heterocycles. The predicted octanol–water partition coefficient (Wildman–Crippen LogP) is 12.1. The van der Waals surface area contributed by atoms with Gasteiger partial charge >= 0.3 is 0 Å². The molecule has 0 unspecified atom stereocenters. The molecular formula is C48H32N4. The lowest BCUT2D eigenvalue weighted by Crippen LogP contribution is -2.00. The third-order valence-electron chi connectivity index (χ3n) is 9.34. The van der Waals surface area contributed by atoms with Crippen LogP contribution in [0.2, 0.25) is 0 Å². The molecule has 0 spiro atoms. The van der Waals surface area contributed by atoms with Crippen molar-refractivity contribution >= 4 is 10.8 Å². The molecule has 244 valence electrons. The molecule has 9 aromatic rings. The van der Waals surface area contributed by atoms with Crippen LogP contribution >= 0.6 is 0 Å². The number of aromatic nitrogens is 4. The minimum atomic E-state index is 0.632. The number of hydrogen-bond donors (Lipinski definition) is 0. The van der Waals surface area contributed by atoms with E-state index in [1.165, 1.54) is 16.3 Å². The minimum absolute atomic E-state index is 0.632. The summed E-state index contributed by atoms with van der Waals surface area (Å²) in [5.74, 6) is 1.92. The quantitative estimate of drug-likeness (QED) is 0.170. The second-order valence-corrected chi connectivity index (χ2v) is 12.7. The summed E-state index contributed by atoms with van der Waals surface area (Å²) in [6.45, 7) is 0. The maximum absolute atomic E-state index is 5.17. The third kappa shape index (κ3) is 6.14. The highest BCUT2D eigenvalue weighted by molar-refractivity contribution is 6.05. The van der Waals surface area contributed by atoms with E-state index in [1.54, 1.807) is 0 Å². The molecule has 9 rings (SSSR count). The van der Waals surface area contributed by atoms with Crippen molar-refractivity contribution in [3.05, 3.63) is 194 Å². The number of hydrogen-bond acceptors (Lipinski definition) is 4. The average molecular weight is 665 g/mol. The maximum atomic E-state index is 5.17. The van der Waals surface area contributed by atoms with E-state index in [0.29, 0.717) is 17.5 Å². The van der Waals surface area contributed by atoms with Crippen LogP contribution in [0.1, 0.15) is 0 Å². The molecule has 0 aliphatic carbocycles. The fourth-order valence-corrected chi connectivity index (χ4v) is 6.75. The molecular weight excluding hydrogens is 633 g/mol. The van der Waals surface area contributed by atoms with Crippen LogP contribution < -0.4 is 0 Å². The van der Waals surface area contributed by atoms with Gasteiger partial charge in [-0.1, -0.05) is 182 Å². The Balaban J connectivity index is 1.20. The Hall–Kier alpha value is -7.04. The van der Waals surface area contributed by atoms with E-state index in [4.69, 9.17) is 19.9 Å². The van der Waals surface area contributed by atoms with Gasteiger partial charge in [-0.3, -0.25) is 0 Å². The number of pyridine rings is 1. The Labute approximate surface area is 302 Å². The van der Waals surface area contributed by atoms with Gasteiger partial charge in [-0.15, -0.1) is 0 Å². The first-order valence-electron chi connectivity index (χ1n) is 17.4. The first-order chi connectivity index (χ1) is 25.8. The lowest BCUT2D eigenvalue weighted by Gasteiger charge is -2.17. The summed E-state index contributed by atoms with van der Waals surface area (Å²) in [7, 11) is 0. The molecule has 0 amide bonds. The van der Waals surface area contributed by atoms with Gasteiger partial charge in [0.05, 0.1) is 11.4 Å². The lowest BCUT2D eigenvalue weighted by atomic mass is 9.88. The van der Waals surface area contributed by atoms with Gasteiger partial charge in [-0.25, -0.2) is 19.9 Å². The molecule has 4 heteroatoms.